The van der Waals surface area contributed by atoms with Gasteiger partial charge in [0.25, 0.3) is 5.69 Å². The fourth-order valence-corrected chi connectivity index (χ4v) is 1.68. The van der Waals surface area contributed by atoms with Crippen molar-refractivity contribution in [1.82, 2.24) is 5.32 Å². The summed E-state index contributed by atoms with van der Waals surface area (Å²) in [6, 6.07) is 2.67. The third-order valence-electron chi connectivity index (χ3n) is 2.83. The number of alkyl halides is 6. The molecule has 0 aliphatic heterocycles. The van der Waals surface area contributed by atoms with Crippen molar-refractivity contribution in [1.29, 1.82) is 0 Å². The molecule has 13 heteroatoms. The standard InChI is InChI=1S/C12H11F6N3O4/c1-2-25-9(22)20-10(11(13,14)15,12(16,17)18)19-7-3-5-8(6-4-7)21(23)24/h3-6,19H,2H2,1H3,(H,20,22). The molecule has 0 saturated heterocycles. The van der Waals surface area contributed by atoms with E-state index in [1.54, 1.807) is 0 Å². The van der Waals surface area contributed by atoms with E-state index < -0.39 is 47.0 Å². The monoisotopic (exact) mass is 375 g/mol. The second-order valence-electron chi connectivity index (χ2n) is 4.52. The lowest BCUT2D eigenvalue weighted by atomic mass is 10.1. The van der Waals surface area contributed by atoms with Crippen LogP contribution in [0.5, 0.6) is 0 Å². The van der Waals surface area contributed by atoms with Crippen molar-refractivity contribution >= 4 is 17.5 Å². The molecule has 25 heavy (non-hydrogen) atoms. The van der Waals surface area contributed by atoms with Gasteiger partial charge >= 0.3 is 24.1 Å². The number of non-ortho nitro benzene ring substituents is 1. The molecule has 1 rings (SSSR count). The second-order valence-corrected chi connectivity index (χ2v) is 4.52. The molecule has 0 unspecified atom stereocenters. The van der Waals surface area contributed by atoms with E-state index in [-0.39, 0.29) is 0 Å². The van der Waals surface area contributed by atoms with E-state index in [1.807, 2.05) is 0 Å². The molecule has 0 radical (unpaired) electrons. The van der Waals surface area contributed by atoms with Gasteiger partial charge in [-0.2, -0.15) is 26.3 Å². The summed E-state index contributed by atoms with van der Waals surface area (Å²) in [4.78, 5) is 20.8. The molecule has 1 amide bonds. The van der Waals surface area contributed by atoms with Gasteiger partial charge in [-0.05, 0) is 19.1 Å². The number of carbonyl (C=O) groups excluding carboxylic acids is 1. The third-order valence-corrected chi connectivity index (χ3v) is 2.83. The lowest BCUT2D eigenvalue weighted by Crippen LogP contribution is -2.72. The summed E-state index contributed by atoms with van der Waals surface area (Å²) >= 11 is 0. The number of nitrogens with one attached hydrogen (secondary N) is 2. The van der Waals surface area contributed by atoms with Gasteiger partial charge in [0.2, 0.25) is 0 Å². The van der Waals surface area contributed by atoms with Crippen LogP contribution in [0.15, 0.2) is 24.3 Å². The Bertz CT molecular complexity index is 615. The first-order valence-corrected chi connectivity index (χ1v) is 6.45. The van der Waals surface area contributed by atoms with Crippen LogP contribution in [0.1, 0.15) is 6.92 Å². The average Bonchev–Trinajstić information content (AvgIpc) is 2.44. The number of rotatable bonds is 5. The van der Waals surface area contributed by atoms with E-state index in [0.717, 1.165) is 10.6 Å². The van der Waals surface area contributed by atoms with Crippen LogP contribution in [0.25, 0.3) is 0 Å². The summed E-state index contributed by atoms with van der Waals surface area (Å²) < 4.78 is 83.3. The fourth-order valence-electron chi connectivity index (χ4n) is 1.68. The minimum Gasteiger partial charge on any atom is -0.450 e. The summed E-state index contributed by atoms with van der Waals surface area (Å²) in [6.07, 6.45) is -14.0. The Balaban J connectivity index is 3.33. The Morgan fingerprint density at radius 3 is 1.96 bits per heavy atom. The molecule has 1 aromatic rings. The number of nitro benzene ring substituents is 1. The summed E-state index contributed by atoms with van der Waals surface area (Å²) in [5.41, 5.74) is -6.17. The van der Waals surface area contributed by atoms with Crippen LogP contribution in [0.3, 0.4) is 0 Å². The number of ether oxygens (including phenoxy) is 1. The number of hydrogen-bond acceptors (Lipinski definition) is 5. The molecular formula is C12H11F6N3O4. The van der Waals surface area contributed by atoms with Gasteiger partial charge in [0.1, 0.15) is 0 Å². The van der Waals surface area contributed by atoms with Crippen LogP contribution in [-0.2, 0) is 4.74 Å². The Hall–Kier alpha value is -2.73. The Labute approximate surface area is 136 Å². The highest BCUT2D eigenvalue weighted by Gasteiger charge is 2.73. The fraction of sp³-hybridized carbons (Fsp3) is 0.417. The normalized spacial score (nSPS) is 12.4. The molecule has 1 aromatic carbocycles. The van der Waals surface area contributed by atoms with Crippen molar-refractivity contribution in [2.45, 2.75) is 24.9 Å². The van der Waals surface area contributed by atoms with Gasteiger partial charge in [-0.3, -0.25) is 15.4 Å². The molecule has 0 aromatic heterocycles. The van der Waals surface area contributed by atoms with Crippen molar-refractivity contribution < 1.29 is 40.8 Å². The minimum atomic E-state index is -6.01. The quantitative estimate of drug-likeness (QED) is 0.355. The molecular weight excluding hydrogens is 364 g/mol. The van der Waals surface area contributed by atoms with Crippen molar-refractivity contribution in [2.24, 2.45) is 0 Å². The summed E-state index contributed by atoms with van der Waals surface area (Å²) in [7, 11) is 0. The van der Waals surface area contributed by atoms with E-state index >= 15 is 0 Å². The predicted octanol–water partition coefficient (Wildman–Crippen LogP) is 3.57. The topological polar surface area (TPSA) is 93.5 Å². The zero-order chi connectivity index (χ0) is 19.5. The average molecular weight is 375 g/mol. The number of carbonyl (C=O) groups is 1. The lowest BCUT2D eigenvalue weighted by molar-refractivity contribution is -0.384. The van der Waals surface area contributed by atoms with Crippen LogP contribution in [-0.4, -0.2) is 35.6 Å². The molecule has 0 spiro atoms. The van der Waals surface area contributed by atoms with E-state index in [4.69, 9.17) is 0 Å². The first-order valence-electron chi connectivity index (χ1n) is 6.45. The van der Waals surface area contributed by atoms with Gasteiger partial charge in [-0.25, -0.2) is 4.79 Å². The molecule has 0 bridgehead atoms. The predicted molar refractivity (Wildman–Crippen MR) is 71.7 cm³/mol. The van der Waals surface area contributed by atoms with Gasteiger partial charge in [0, 0.05) is 17.8 Å². The highest BCUT2D eigenvalue weighted by atomic mass is 19.4. The van der Waals surface area contributed by atoms with Crippen LogP contribution in [0, 0.1) is 10.1 Å². The highest BCUT2D eigenvalue weighted by Crippen LogP contribution is 2.43. The van der Waals surface area contributed by atoms with Gasteiger partial charge in [-0.1, -0.05) is 0 Å². The molecule has 0 atom stereocenters. The molecule has 7 nitrogen and oxygen atoms in total. The Kier molecular flexibility index (Phi) is 5.71. The summed E-state index contributed by atoms with van der Waals surface area (Å²) in [5, 5.41) is 12.4. The number of benzene rings is 1. The van der Waals surface area contributed by atoms with E-state index in [9.17, 15) is 41.3 Å². The summed E-state index contributed by atoms with van der Waals surface area (Å²) in [6.45, 7) is 0.724. The Morgan fingerprint density at radius 1 is 1.12 bits per heavy atom. The molecule has 0 aliphatic carbocycles. The van der Waals surface area contributed by atoms with Gasteiger partial charge in [0.15, 0.2) is 0 Å². The van der Waals surface area contributed by atoms with Gasteiger partial charge in [0.05, 0.1) is 11.5 Å². The first kappa shape index (κ1) is 20.3. The van der Waals surface area contributed by atoms with Crippen LogP contribution in [0.2, 0.25) is 0 Å². The van der Waals surface area contributed by atoms with Gasteiger partial charge < -0.3 is 10.1 Å². The number of halogens is 6. The molecule has 0 aliphatic rings. The molecule has 0 heterocycles. The van der Waals surface area contributed by atoms with Crippen LogP contribution >= 0.6 is 0 Å². The van der Waals surface area contributed by atoms with Crippen LogP contribution < -0.4 is 10.6 Å². The van der Waals surface area contributed by atoms with E-state index in [1.165, 1.54) is 6.92 Å². The SMILES string of the molecule is CCOC(=O)NC(Nc1ccc([N+](=O)[O-])cc1)(C(F)(F)F)C(F)(F)F. The van der Waals surface area contributed by atoms with E-state index in [2.05, 4.69) is 4.74 Å². The maximum absolute atomic E-state index is 13.2. The van der Waals surface area contributed by atoms with Crippen molar-refractivity contribution in [3.8, 4) is 0 Å². The zero-order valence-corrected chi connectivity index (χ0v) is 12.4. The number of nitro groups is 1. The number of amides is 1. The number of anilines is 1. The summed E-state index contributed by atoms with van der Waals surface area (Å²) in [5.74, 6) is 0. The minimum absolute atomic E-state index is 0.463. The lowest BCUT2D eigenvalue weighted by Gasteiger charge is -2.38. The molecule has 0 fully saturated rings. The van der Waals surface area contributed by atoms with Crippen molar-refractivity contribution in [2.75, 3.05) is 11.9 Å². The first-order chi connectivity index (χ1) is 11.3. The number of hydrogen-bond donors (Lipinski definition) is 2. The van der Waals surface area contributed by atoms with Gasteiger partial charge in [-0.15, -0.1) is 0 Å². The molecule has 140 valence electrons. The number of nitrogens with zero attached hydrogens (tertiary/aromatic N) is 1. The maximum atomic E-state index is 13.2. The van der Waals surface area contributed by atoms with E-state index in [0.29, 0.717) is 24.3 Å². The zero-order valence-electron chi connectivity index (χ0n) is 12.4. The maximum Gasteiger partial charge on any atom is 0.439 e. The highest BCUT2D eigenvalue weighted by molar-refractivity contribution is 5.70. The van der Waals surface area contributed by atoms with Crippen molar-refractivity contribution in [3.63, 3.8) is 0 Å². The third kappa shape index (κ3) is 4.42. The Morgan fingerprint density at radius 2 is 1.60 bits per heavy atom. The molecule has 2 N–H and O–H groups in total. The number of alkyl carbamates (subject to hydrolysis) is 1. The largest absolute Gasteiger partial charge is 0.450 e. The van der Waals surface area contributed by atoms with Crippen LogP contribution in [0.4, 0.5) is 42.5 Å². The van der Waals surface area contributed by atoms with Crippen molar-refractivity contribution in [3.05, 3.63) is 34.4 Å². The smallest absolute Gasteiger partial charge is 0.439 e. The molecule has 0 saturated carbocycles. The second kappa shape index (κ2) is 7.03.